The molecule has 0 N–H and O–H groups in total. The molecule has 1 aromatic carbocycles. The van der Waals surface area contributed by atoms with E-state index >= 15 is 0 Å². The van der Waals surface area contributed by atoms with Gasteiger partial charge in [-0.15, -0.1) is 0 Å². The number of ketones is 2. The van der Waals surface area contributed by atoms with E-state index in [-0.39, 0.29) is 11.6 Å². The third-order valence-corrected chi connectivity index (χ3v) is 3.28. The zero-order chi connectivity index (χ0) is 13.4. The van der Waals surface area contributed by atoms with Gasteiger partial charge in [-0.1, -0.05) is 11.6 Å². The molecular weight excluding hydrogens is 264 g/mol. The maximum absolute atomic E-state index is 12.4. The third kappa shape index (κ3) is 2.00. The summed E-state index contributed by atoms with van der Waals surface area (Å²) in [6, 6.07) is 6.49. The summed E-state index contributed by atoms with van der Waals surface area (Å²) in [5, 5.41) is 0.549. The molecule has 0 saturated carbocycles. The van der Waals surface area contributed by atoms with Crippen molar-refractivity contribution in [2.75, 3.05) is 0 Å². The van der Waals surface area contributed by atoms with Crippen molar-refractivity contribution in [3.63, 3.8) is 0 Å². The zero-order valence-corrected chi connectivity index (χ0v) is 10.5. The summed E-state index contributed by atoms with van der Waals surface area (Å²) >= 11 is 5.79. The molecule has 2 heterocycles. The zero-order valence-electron chi connectivity index (χ0n) is 9.79. The van der Waals surface area contributed by atoms with Gasteiger partial charge in [-0.2, -0.15) is 0 Å². The van der Waals surface area contributed by atoms with Crippen molar-refractivity contribution < 1.29 is 9.59 Å². The highest BCUT2D eigenvalue weighted by molar-refractivity contribution is 6.30. The number of rotatable bonds is 2. The SMILES string of the molecule is O=C1C=Cn2ccnc2C1C(=O)c1ccc(Cl)cc1. The summed E-state index contributed by atoms with van der Waals surface area (Å²) in [6.07, 6.45) is 6.28. The largest absolute Gasteiger partial charge is 0.309 e. The highest BCUT2D eigenvalue weighted by Gasteiger charge is 2.33. The lowest BCUT2D eigenvalue weighted by Gasteiger charge is -2.16. The fourth-order valence-electron chi connectivity index (χ4n) is 2.08. The van der Waals surface area contributed by atoms with Crippen LogP contribution < -0.4 is 0 Å². The fourth-order valence-corrected chi connectivity index (χ4v) is 2.20. The monoisotopic (exact) mass is 272 g/mol. The standard InChI is InChI=1S/C14H9ClN2O2/c15-10-3-1-9(2-4-10)13(19)12-11(18)5-7-17-8-6-16-14(12)17/h1-8,12H. The Hall–Kier alpha value is -2.20. The fraction of sp³-hybridized carbons (Fsp3) is 0.0714. The molecule has 1 aliphatic heterocycles. The van der Waals surface area contributed by atoms with Crippen LogP contribution in [0.5, 0.6) is 0 Å². The second kappa shape index (κ2) is 4.48. The molecule has 2 aromatic rings. The van der Waals surface area contributed by atoms with E-state index in [2.05, 4.69) is 4.98 Å². The molecule has 1 aromatic heterocycles. The van der Waals surface area contributed by atoms with E-state index in [1.54, 1.807) is 47.4 Å². The molecule has 4 nitrogen and oxygen atoms in total. The number of allylic oxidation sites excluding steroid dienone is 1. The van der Waals surface area contributed by atoms with Crippen molar-refractivity contribution in [3.8, 4) is 0 Å². The molecule has 1 aliphatic rings. The number of nitrogens with zero attached hydrogens (tertiary/aromatic N) is 2. The third-order valence-electron chi connectivity index (χ3n) is 3.03. The van der Waals surface area contributed by atoms with Gasteiger partial charge in [-0.05, 0) is 30.3 Å². The number of carbonyl (C=O) groups excluding carboxylic acids is 2. The average molecular weight is 273 g/mol. The molecule has 94 valence electrons. The van der Waals surface area contributed by atoms with Crippen molar-refractivity contribution in [1.82, 2.24) is 9.55 Å². The average Bonchev–Trinajstić information content (AvgIpc) is 2.87. The molecule has 0 saturated heterocycles. The maximum Gasteiger partial charge on any atom is 0.181 e. The summed E-state index contributed by atoms with van der Waals surface area (Å²) in [5.74, 6) is -0.939. The molecule has 0 aliphatic carbocycles. The Morgan fingerprint density at radius 3 is 2.74 bits per heavy atom. The van der Waals surface area contributed by atoms with Gasteiger partial charge in [-0.25, -0.2) is 4.98 Å². The first-order chi connectivity index (χ1) is 9.16. The molecular formula is C14H9ClN2O2. The number of fused-ring (bicyclic) bond motifs is 1. The topological polar surface area (TPSA) is 52.0 Å². The quantitative estimate of drug-likeness (QED) is 0.624. The lowest BCUT2D eigenvalue weighted by Crippen LogP contribution is -2.26. The van der Waals surface area contributed by atoms with Crippen LogP contribution in [0.4, 0.5) is 0 Å². The van der Waals surface area contributed by atoms with E-state index in [0.717, 1.165) is 0 Å². The number of benzene rings is 1. The number of hydrogen-bond acceptors (Lipinski definition) is 3. The van der Waals surface area contributed by atoms with Gasteiger partial charge in [0.05, 0.1) is 0 Å². The normalized spacial score (nSPS) is 17.3. The Balaban J connectivity index is 2.02. The van der Waals surface area contributed by atoms with Gasteiger partial charge in [0, 0.05) is 29.2 Å². The molecule has 1 atom stereocenters. The van der Waals surface area contributed by atoms with Crippen LogP contribution in [0.2, 0.25) is 5.02 Å². The van der Waals surface area contributed by atoms with Gasteiger partial charge in [-0.3, -0.25) is 9.59 Å². The minimum atomic E-state index is -0.874. The van der Waals surface area contributed by atoms with E-state index in [1.165, 1.54) is 6.08 Å². The van der Waals surface area contributed by atoms with Gasteiger partial charge in [0.15, 0.2) is 11.6 Å². The number of hydrogen-bond donors (Lipinski definition) is 0. The second-order valence-corrected chi connectivity index (χ2v) is 4.65. The number of halogens is 1. The Morgan fingerprint density at radius 2 is 2.00 bits per heavy atom. The van der Waals surface area contributed by atoms with E-state index in [1.807, 2.05) is 0 Å². The Labute approximate surface area is 114 Å². The number of carbonyl (C=O) groups is 2. The Bertz CT molecular complexity index is 686. The summed E-state index contributed by atoms with van der Waals surface area (Å²) in [4.78, 5) is 28.5. The summed E-state index contributed by atoms with van der Waals surface area (Å²) < 4.78 is 1.68. The minimum absolute atomic E-state index is 0.251. The van der Waals surface area contributed by atoms with Crippen molar-refractivity contribution in [3.05, 3.63) is 59.1 Å². The smallest absolute Gasteiger partial charge is 0.181 e. The van der Waals surface area contributed by atoms with Gasteiger partial charge in [0.25, 0.3) is 0 Å². The highest BCUT2D eigenvalue weighted by Crippen LogP contribution is 2.25. The van der Waals surface area contributed by atoms with Gasteiger partial charge >= 0.3 is 0 Å². The van der Waals surface area contributed by atoms with E-state index < -0.39 is 5.92 Å². The Kier molecular flexibility index (Phi) is 2.80. The number of imidazole rings is 1. The summed E-state index contributed by atoms with van der Waals surface area (Å²) in [5.41, 5.74) is 0.451. The molecule has 3 rings (SSSR count). The van der Waals surface area contributed by atoms with Crippen LogP contribution in [-0.2, 0) is 4.79 Å². The molecule has 0 amide bonds. The number of aromatic nitrogens is 2. The second-order valence-electron chi connectivity index (χ2n) is 4.21. The minimum Gasteiger partial charge on any atom is -0.309 e. The molecule has 1 unspecified atom stereocenters. The first-order valence-electron chi connectivity index (χ1n) is 5.71. The molecule has 0 radical (unpaired) electrons. The van der Waals surface area contributed by atoms with Crippen LogP contribution in [0.1, 0.15) is 22.1 Å². The Morgan fingerprint density at radius 1 is 1.26 bits per heavy atom. The van der Waals surface area contributed by atoms with Crippen LogP contribution in [0.25, 0.3) is 6.20 Å². The van der Waals surface area contributed by atoms with Gasteiger partial charge in [0.2, 0.25) is 0 Å². The molecule has 19 heavy (non-hydrogen) atoms. The molecule has 0 spiro atoms. The van der Waals surface area contributed by atoms with Crippen LogP contribution in [0.15, 0.2) is 42.7 Å². The first kappa shape index (κ1) is 11.9. The van der Waals surface area contributed by atoms with Crippen LogP contribution in [0, 0.1) is 0 Å². The predicted octanol–water partition coefficient (Wildman–Crippen LogP) is 2.56. The van der Waals surface area contributed by atoms with E-state index in [0.29, 0.717) is 16.4 Å². The molecule has 0 fully saturated rings. The van der Waals surface area contributed by atoms with Crippen molar-refractivity contribution in [2.45, 2.75) is 5.92 Å². The van der Waals surface area contributed by atoms with Crippen molar-refractivity contribution >= 4 is 29.4 Å². The van der Waals surface area contributed by atoms with E-state index in [4.69, 9.17) is 11.6 Å². The van der Waals surface area contributed by atoms with Crippen LogP contribution >= 0.6 is 11.6 Å². The summed E-state index contributed by atoms with van der Waals surface area (Å²) in [7, 11) is 0. The van der Waals surface area contributed by atoms with Crippen LogP contribution in [0.3, 0.4) is 0 Å². The highest BCUT2D eigenvalue weighted by atomic mass is 35.5. The summed E-state index contributed by atoms with van der Waals surface area (Å²) in [6.45, 7) is 0. The van der Waals surface area contributed by atoms with Crippen molar-refractivity contribution in [2.24, 2.45) is 0 Å². The molecule has 5 heteroatoms. The number of Topliss-reactive ketones (excluding diaryl/α,β-unsaturated/α-hetero) is 1. The van der Waals surface area contributed by atoms with E-state index in [9.17, 15) is 9.59 Å². The van der Waals surface area contributed by atoms with Crippen molar-refractivity contribution in [1.29, 1.82) is 0 Å². The van der Waals surface area contributed by atoms with Gasteiger partial charge in [0.1, 0.15) is 11.7 Å². The lowest BCUT2D eigenvalue weighted by atomic mass is 9.91. The predicted molar refractivity (Wildman–Crippen MR) is 71.1 cm³/mol. The molecule has 0 bridgehead atoms. The maximum atomic E-state index is 12.4. The first-order valence-corrected chi connectivity index (χ1v) is 6.09. The van der Waals surface area contributed by atoms with Crippen LogP contribution in [-0.4, -0.2) is 21.1 Å². The lowest BCUT2D eigenvalue weighted by molar-refractivity contribution is -0.115. The van der Waals surface area contributed by atoms with Gasteiger partial charge < -0.3 is 4.57 Å².